The van der Waals surface area contributed by atoms with Gasteiger partial charge in [-0.25, -0.2) is 10.2 Å². The number of para-hydroxylation sites is 1. The number of fused-ring (bicyclic) bond motifs is 1. The molecule has 204 valence electrons. The molecule has 0 aliphatic rings. The summed E-state index contributed by atoms with van der Waals surface area (Å²) in [4.78, 5) is 39.7. The van der Waals surface area contributed by atoms with Crippen molar-refractivity contribution < 1.29 is 19.2 Å². The zero-order chi connectivity index (χ0) is 28.9. The maximum absolute atomic E-state index is 13.4. The van der Waals surface area contributed by atoms with Gasteiger partial charge in [0.25, 0.3) is 11.6 Å². The number of hydrogen-bond acceptors (Lipinski definition) is 6. The van der Waals surface area contributed by atoms with Crippen molar-refractivity contribution in [3.63, 3.8) is 0 Å². The second kappa shape index (κ2) is 12.0. The number of aromatic amines is 1. The predicted molar refractivity (Wildman–Crippen MR) is 160 cm³/mol. The number of H-pyrrole nitrogens is 1. The van der Waals surface area contributed by atoms with E-state index >= 15 is 0 Å². The standard InChI is InChI=1S/C31H23BrN4O5/c1-2-19-9-6-10-25-27(20-7-4-3-5-8-20)29(34-28(19)25)30(37)35-33-18-22-17-23(32)13-16-26(22)41-31(38)21-11-14-24(15-12-21)36(39)40/h3-18,34H,2H2,1H3,(H,35,37). The number of benzene rings is 4. The lowest BCUT2D eigenvalue weighted by molar-refractivity contribution is -0.384. The van der Waals surface area contributed by atoms with E-state index in [1.165, 1.54) is 30.5 Å². The number of rotatable bonds is 8. The number of amides is 1. The summed E-state index contributed by atoms with van der Waals surface area (Å²) in [5, 5.41) is 16.0. The van der Waals surface area contributed by atoms with Crippen LogP contribution in [0.4, 0.5) is 5.69 Å². The number of nitrogens with one attached hydrogen (secondary N) is 2. The Morgan fingerprint density at radius 1 is 1.02 bits per heavy atom. The third-order valence-electron chi connectivity index (χ3n) is 6.45. The number of aromatic nitrogens is 1. The number of halogens is 1. The first kappa shape index (κ1) is 27.5. The maximum atomic E-state index is 13.4. The molecular formula is C31H23BrN4O5. The number of esters is 1. The molecule has 4 aromatic carbocycles. The minimum Gasteiger partial charge on any atom is -0.422 e. The van der Waals surface area contributed by atoms with Gasteiger partial charge in [-0.3, -0.25) is 14.9 Å². The van der Waals surface area contributed by atoms with E-state index < -0.39 is 16.8 Å². The van der Waals surface area contributed by atoms with Gasteiger partial charge in [0.2, 0.25) is 0 Å². The summed E-state index contributed by atoms with van der Waals surface area (Å²) >= 11 is 3.40. The van der Waals surface area contributed by atoms with Crippen LogP contribution in [0.2, 0.25) is 0 Å². The zero-order valence-electron chi connectivity index (χ0n) is 21.8. The molecule has 0 spiro atoms. The number of nitro benzene ring substituents is 1. The summed E-state index contributed by atoms with van der Waals surface area (Å²) < 4.78 is 6.23. The van der Waals surface area contributed by atoms with Crippen molar-refractivity contribution in [1.82, 2.24) is 10.4 Å². The van der Waals surface area contributed by atoms with Crippen molar-refractivity contribution in [2.75, 3.05) is 0 Å². The van der Waals surface area contributed by atoms with Crippen molar-refractivity contribution >= 4 is 50.6 Å². The topological polar surface area (TPSA) is 127 Å². The second-order valence-electron chi connectivity index (χ2n) is 9.01. The molecule has 10 heteroatoms. The predicted octanol–water partition coefficient (Wildman–Crippen LogP) is 7.05. The first-order valence-corrected chi connectivity index (χ1v) is 13.4. The third-order valence-corrected chi connectivity index (χ3v) is 6.94. The lowest BCUT2D eigenvalue weighted by atomic mass is 10.00. The highest BCUT2D eigenvalue weighted by Crippen LogP contribution is 2.34. The Bertz CT molecular complexity index is 1800. The van der Waals surface area contributed by atoms with Crippen LogP contribution in [-0.2, 0) is 6.42 Å². The number of carbonyl (C=O) groups is 2. The summed E-state index contributed by atoms with van der Waals surface area (Å²) in [6.07, 6.45) is 2.18. The Morgan fingerprint density at radius 2 is 1.78 bits per heavy atom. The quantitative estimate of drug-likeness (QED) is 0.0639. The normalized spacial score (nSPS) is 11.1. The molecule has 9 nitrogen and oxygen atoms in total. The smallest absolute Gasteiger partial charge is 0.343 e. The van der Waals surface area contributed by atoms with Crippen LogP contribution in [-0.4, -0.2) is 28.0 Å². The van der Waals surface area contributed by atoms with E-state index in [0.29, 0.717) is 15.7 Å². The van der Waals surface area contributed by atoms with E-state index in [9.17, 15) is 19.7 Å². The highest BCUT2D eigenvalue weighted by molar-refractivity contribution is 9.10. The van der Waals surface area contributed by atoms with Crippen molar-refractivity contribution in [2.45, 2.75) is 13.3 Å². The minimum atomic E-state index is -0.696. The number of carbonyl (C=O) groups excluding carboxylic acids is 2. The molecule has 1 heterocycles. The molecule has 0 aliphatic carbocycles. The largest absolute Gasteiger partial charge is 0.422 e. The van der Waals surface area contributed by atoms with E-state index in [0.717, 1.165) is 34.0 Å². The first-order chi connectivity index (χ1) is 19.9. The number of nitro groups is 1. The molecule has 1 aromatic heterocycles. The molecule has 0 atom stereocenters. The Labute approximate surface area is 243 Å². The number of nitrogens with zero attached hydrogens (tertiary/aromatic N) is 2. The van der Waals surface area contributed by atoms with E-state index in [1.807, 2.05) is 48.5 Å². The van der Waals surface area contributed by atoms with Gasteiger partial charge >= 0.3 is 5.97 Å². The van der Waals surface area contributed by atoms with Crippen molar-refractivity contribution in [2.24, 2.45) is 5.10 Å². The molecule has 0 fully saturated rings. The third kappa shape index (κ3) is 5.92. The summed E-state index contributed by atoms with van der Waals surface area (Å²) in [5.74, 6) is -0.936. The fourth-order valence-electron chi connectivity index (χ4n) is 4.46. The van der Waals surface area contributed by atoms with Crippen LogP contribution in [0.1, 0.15) is 38.9 Å². The Kier molecular flexibility index (Phi) is 8.02. The molecule has 41 heavy (non-hydrogen) atoms. The lowest BCUT2D eigenvalue weighted by Gasteiger charge is -2.08. The number of non-ortho nitro benzene ring substituents is 1. The maximum Gasteiger partial charge on any atom is 0.343 e. The Balaban J connectivity index is 1.40. The second-order valence-corrected chi connectivity index (χ2v) is 9.92. The SMILES string of the molecule is CCc1cccc2c(-c3ccccc3)c(C(=O)NN=Cc3cc(Br)ccc3OC(=O)c3ccc([N+](=O)[O-])cc3)[nH]c12. The van der Waals surface area contributed by atoms with Crippen molar-refractivity contribution in [1.29, 1.82) is 0 Å². The first-order valence-electron chi connectivity index (χ1n) is 12.6. The van der Waals surface area contributed by atoms with E-state index in [1.54, 1.807) is 18.2 Å². The molecule has 5 aromatic rings. The van der Waals surface area contributed by atoms with Crippen LogP contribution in [0.25, 0.3) is 22.0 Å². The zero-order valence-corrected chi connectivity index (χ0v) is 23.3. The van der Waals surface area contributed by atoms with Crippen LogP contribution in [0, 0.1) is 10.1 Å². The summed E-state index contributed by atoms with van der Waals surface area (Å²) in [6, 6.07) is 25.7. The van der Waals surface area contributed by atoms with Gasteiger partial charge in [-0.05, 0) is 47.9 Å². The number of hydrogen-bond donors (Lipinski definition) is 2. The highest BCUT2D eigenvalue weighted by atomic mass is 79.9. The Morgan fingerprint density at radius 3 is 2.49 bits per heavy atom. The molecule has 5 rings (SSSR count). The minimum absolute atomic E-state index is 0.134. The number of aryl methyl sites for hydroxylation is 1. The van der Waals surface area contributed by atoms with Gasteiger partial charge in [0.05, 0.1) is 16.7 Å². The molecule has 0 saturated carbocycles. The molecule has 0 aliphatic heterocycles. The van der Waals surface area contributed by atoms with Gasteiger partial charge in [-0.1, -0.05) is 71.4 Å². The van der Waals surface area contributed by atoms with Gasteiger partial charge in [0.15, 0.2) is 0 Å². The van der Waals surface area contributed by atoms with Gasteiger partial charge in [-0.15, -0.1) is 0 Å². The molecule has 0 radical (unpaired) electrons. The summed E-state index contributed by atoms with van der Waals surface area (Å²) in [7, 11) is 0. The van der Waals surface area contributed by atoms with Crippen molar-refractivity contribution in [3.05, 3.63) is 128 Å². The molecule has 0 bridgehead atoms. The van der Waals surface area contributed by atoms with Crippen LogP contribution in [0.3, 0.4) is 0 Å². The van der Waals surface area contributed by atoms with Crippen LogP contribution in [0.15, 0.2) is 101 Å². The van der Waals surface area contributed by atoms with Crippen LogP contribution in [0.5, 0.6) is 5.75 Å². The van der Waals surface area contributed by atoms with E-state index in [4.69, 9.17) is 4.74 Å². The monoisotopic (exact) mass is 610 g/mol. The average Bonchev–Trinajstić information content (AvgIpc) is 3.39. The number of ether oxygens (including phenoxy) is 1. The molecule has 0 unspecified atom stereocenters. The molecule has 2 N–H and O–H groups in total. The average molecular weight is 611 g/mol. The van der Waals surface area contributed by atoms with Gasteiger partial charge in [0.1, 0.15) is 11.4 Å². The van der Waals surface area contributed by atoms with E-state index in [-0.39, 0.29) is 17.0 Å². The highest BCUT2D eigenvalue weighted by Gasteiger charge is 2.20. The lowest BCUT2D eigenvalue weighted by Crippen LogP contribution is -2.19. The molecule has 1 amide bonds. The van der Waals surface area contributed by atoms with E-state index in [2.05, 4.69) is 38.4 Å². The van der Waals surface area contributed by atoms with Crippen LogP contribution >= 0.6 is 15.9 Å². The molecule has 0 saturated heterocycles. The number of hydrazone groups is 1. The van der Waals surface area contributed by atoms with Gasteiger partial charge < -0.3 is 9.72 Å². The molecular weight excluding hydrogens is 588 g/mol. The fraction of sp³-hybridized carbons (Fsp3) is 0.0645. The summed E-state index contributed by atoms with van der Waals surface area (Å²) in [6.45, 7) is 2.06. The Hall–Kier alpha value is -5.09. The van der Waals surface area contributed by atoms with Crippen molar-refractivity contribution in [3.8, 4) is 16.9 Å². The van der Waals surface area contributed by atoms with Gasteiger partial charge in [-0.2, -0.15) is 5.10 Å². The van der Waals surface area contributed by atoms with Gasteiger partial charge in [0, 0.05) is 38.6 Å². The van der Waals surface area contributed by atoms with Crippen LogP contribution < -0.4 is 10.2 Å². The fourth-order valence-corrected chi connectivity index (χ4v) is 4.83. The summed E-state index contributed by atoms with van der Waals surface area (Å²) in [5.41, 5.74) is 7.06.